The summed E-state index contributed by atoms with van der Waals surface area (Å²) in [5.74, 6) is 0. The molecule has 3 nitrogen and oxygen atoms in total. The Balaban J connectivity index is 2.41. The normalized spacial score (nSPS) is 11.3. The molecule has 0 atom stereocenters. The topological polar surface area (TPSA) is 47.0 Å². The molecule has 0 bridgehead atoms. The third-order valence-corrected chi connectivity index (χ3v) is 3.33. The first-order valence-corrected chi connectivity index (χ1v) is 6.68. The molecule has 0 radical (unpaired) electrons. The molecule has 0 spiro atoms. The van der Waals surface area contributed by atoms with Crippen molar-refractivity contribution in [1.29, 1.82) is 0 Å². The number of sulfone groups is 1. The fourth-order valence-corrected chi connectivity index (χ4v) is 1.94. The van der Waals surface area contributed by atoms with Crippen molar-refractivity contribution in [1.82, 2.24) is 4.98 Å². The predicted octanol–water partition coefficient (Wildman–Crippen LogP) is 2.15. The van der Waals surface area contributed by atoms with Gasteiger partial charge >= 0.3 is 0 Å². The third-order valence-electron chi connectivity index (χ3n) is 2.23. The lowest BCUT2D eigenvalue weighted by atomic mass is 10.1. The summed E-state index contributed by atoms with van der Waals surface area (Å²) in [6.45, 7) is 0. The van der Waals surface area contributed by atoms with Crippen molar-refractivity contribution >= 4 is 9.84 Å². The SMILES string of the molecule is CS(=O)(=O)c1ccc(-c2ccccc2)nc1. The molecule has 0 aliphatic carbocycles. The van der Waals surface area contributed by atoms with Gasteiger partial charge in [-0.3, -0.25) is 4.98 Å². The molecule has 0 aliphatic rings. The molecule has 0 saturated carbocycles. The van der Waals surface area contributed by atoms with Gasteiger partial charge in [0, 0.05) is 18.0 Å². The van der Waals surface area contributed by atoms with E-state index in [9.17, 15) is 8.42 Å². The average molecular weight is 233 g/mol. The Labute approximate surface area is 94.7 Å². The molecule has 16 heavy (non-hydrogen) atoms. The Morgan fingerprint density at radius 3 is 2.19 bits per heavy atom. The maximum absolute atomic E-state index is 11.2. The van der Waals surface area contributed by atoms with Crippen LogP contribution in [0.25, 0.3) is 11.3 Å². The molecule has 82 valence electrons. The van der Waals surface area contributed by atoms with Crippen LogP contribution in [0.4, 0.5) is 0 Å². The molecule has 0 aliphatic heterocycles. The Morgan fingerprint density at radius 1 is 1.00 bits per heavy atom. The monoisotopic (exact) mass is 233 g/mol. The zero-order valence-electron chi connectivity index (χ0n) is 8.79. The Morgan fingerprint density at radius 2 is 1.69 bits per heavy atom. The first-order valence-electron chi connectivity index (χ1n) is 4.79. The van der Waals surface area contributed by atoms with Crippen LogP contribution in [-0.4, -0.2) is 19.7 Å². The molecule has 2 rings (SSSR count). The van der Waals surface area contributed by atoms with Crippen molar-refractivity contribution in [2.45, 2.75) is 4.90 Å². The molecule has 1 heterocycles. The van der Waals surface area contributed by atoms with Crippen LogP contribution in [-0.2, 0) is 9.84 Å². The van der Waals surface area contributed by atoms with E-state index in [2.05, 4.69) is 4.98 Å². The molecule has 0 unspecified atom stereocenters. The molecule has 4 heteroatoms. The van der Waals surface area contributed by atoms with Crippen molar-refractivity contribution in [3.63, 3.8) is 0 Å². The quantitative estimate of drug-likeness (QED) is 0.798. The second-order valence-electron chi connectivity index (χ2n) is 3.52. The Hall–Kier alpha value is -1.68. The van der Waals surface area contributed by atoms with Gasteiger partial charge in [-0.05, 0) is 12.1 Å². The number of rotatable bonds is 2. The predicted molar refractivity (Wildman–Crippen MR) is 62.8 cm³/mol. The van der Waals surface area contributed by atoms with Gasteiger partial charge in [-0.15, -0.1) is 0 Å². The first-order chi connectivity index (χ1) is 7.57. The van der Waals surface area contributed by atoms with Crippen LogP contribution < -0.4 is 0 Å². The van der Waals surface area contributed by atoms with Crippen LogP contribution in [0.3, 0.4) is 0 Å². The van der Waals surface area contributed by atoms with Crippen molar-refractivity contribution < 1.29 is 8.42 Å². The van der Waals surface area contributed by atoms with Gasteiger partial charge in [0.05, 0.1) is 10.6 Å². The van der Waals surface area contributed by atoms with Gasteiger partial charge in [0.2, 0.25) is 0 Å². The van der Waals surface area contributed by atoms with E-state index in [4.69, 9.17) is 0 Å². The van der Waals surface area contributed by atoms with E-state index in [-0.39, 0.29) is 4.90 Å². The molecular formula is C12H11NO2S. The summed E-state index contributed by atoms with van der Waals surface area (Å²) in [4.78, 5) is 4.38. The van der Waals surface area contributed by atoms with Crippen LogP contribution >= 0.6 is 0 Å². The van der Waals surface area contributed by atoms with E-state index in [0.29, 0.717) is 0 Å². The summed E-state index contributed by atoms with van der Waals surface area (Å²) < 4.78 is 22.5. The lowest BCUT2D eigenvalue weighted by Crippen LogP contribution is -1.97. The van der Waals surface area contributed by atoms with Crippen LogP contribution in [0.2, 0.25) is 0 Å². The fraction of sp³-hybridized carbons (Fsp3) is 0.0833. The molecule has 0 amide bonds. The van der Waals surface area contributed by atoms with Gasteiger partial charge in [-0.2, -0.15) is 0 Å². The van der Waals surface area contributed by atoms with Crippen LogP contribution in [0, 0.1) is 0 Å². The second-order valence-corrected chi connectivity index (χ2v) is 5.53. The van der Waals surface area contributed by atoms with E-state index >= 15 is 0 Å². The lowest BCUT2D eigenvalue weighted by molar-refractivity contribution is 0.601. The van der Waals surface area contributed by atoms with Gasteiger partial charge in [0.15, 0.2) is 9.84 Å². The lowest BCUT2D eigenvalue weighted by Gasteiger charge is -2.01. The zero-order chi connectivity index (χ0) is 11.6. The Bertz CT molecular complexity index is 574. The molecule has 1 aromatic heterocycles. The second kappa shape index (κ2) is 4.06. The van der Waals surface area contributed by atoms with Gasteiger partial charge in [0.1, 0.15) is 0 Å². The summed E-state index contributed by atoms with van der Waals surface area (Å²) in [7, 11) is -3.16. The standard InChI is InChI=1S/C12H11NO2S/c1-16(14,15)11-7-8-12(13-9-11)10-5-3-2-4-6-10/h2-9H,1H3. The molecule has 0 saturated heterocycles. The van der Waals surface area contributed by atoms with E-state index in [0.717, 1.165) is 11.3 Å². The highest BCUT2D eigenvalue weighted by molar-refractivity contribution is 7.90. The van der Waals surface area contributed by atoms with Crippen LogP contribution in [0.1, 0.15) is 0 Å². The maximum atomic E-state index is 11.2. The summed E-state index contributed by atoms with van der Waals surface area (Å²) >= 11 is 0. The van der Waals surface area contributed by atoms with E-state index in [1.165, 1.54) is 12.5 Å². The number of hydrogen-bond donors (Lipinski definition) is 0. The summed E-state index contributed by atoms with van der Waals surface area (Å²) in [6.07, 6.45) is 2.56. The van der Waals surface area contributed by atoms with E-state index in [1.54, 1.807) is 12.1 Å². The molecular weight excluding hydrogens is 222 g/mol. The van der Waals surface area contributed by atoms with Crippen molar-refractivity contribution in [2.75, 3.05) is 6.26 Å². The van der Waals surface area contributed by atoms with Gasteiger partial charge in [0.25, 0.3) is 0 Å². The minimum Gasteiger partial charge on any atom is -0.255 e. The zero-order valence-corrected chi connectivity index (χ0v) is 9.61. The highest BCUT2D eigenvalue weighted by atomic mass is 32.2. The van der Waals surface area contributed by atoms with Crippen LogP contribution in [0.15, 0.2) is 53.6 Å². The number of aromatic nitrogens is 1. The number of hydrogen-bond acceptors (Lipinski definition) is 3. The summed E-state index contributed by atoms with van der Waals surface area (Å²) in [5.41, 5.74) is 1.75. The van der Waals surface area contributed by atoms with E-state index in [1.807, 2.05) is 30.3 Å². The minimum atomic E-state index is -3.16. The molecule has 1 aromatic carbocycles. The highest BCUT2D eigenvalue weighted by Gasteiger charge is 2.07. The van der Waals surface area contributed by atoms with Crippen molar-refractivity contribution in [2.24, 2.45) is 0 Å². The first kappa shape index (κ1) is 10.8. The van der Waals surface area contributed by atoms with Crippen molar-refractivity contribution in [3.8, 4) is 11.3 Å². The number of nitrogens with zero attached hydrogens (tertiary/aromatic N) is 1. The fourth-order valence-electron chi connectivity index (χ4n) is 1.38. The largest absolute Gasteiger partial charge is 0.255 e. The van der Waals surface area contributed by atoms with Crippen LogP contribution in [0.5, 0.6) is 0 Å². The smallest absolute Gasteiger partial charge is 0.177 e. The molecule has 2 aromatic rings. The summed E-state index contributed by atoms with van der Waals surface area (Å²) in [6, 6.07) is 12.9. The van der Waals surface area contributed by atoms with Gasteiger partial charge < -0.3 is 0 Å². The Kier molecular flexibility index (Phi) is 2.75. The number of pyridine rings is 1. The van der Waals surface area contributed by atoms with Gasteiger partial charge in [-0.25, -0.2) is 8.42 Å². The molecule has 0 fully saturated rings. The van der Waals surface area contributed by atoms with Gasteiger partial charge in [-0.1, -0.05) is 30.3 Å². The highest BCUT2D eigenvalue weighted by Crippen LogP contribution is 2.17. The third kappa shape index (κ3) is 2.28. The summed E-state index contributed by atoms with van der Waals surface area (Å²) in [5, 5.41) is 0. The van der Waals surface area contributed by atoms with Crippen molar-refractivity contribution in [3.05, 3.63) is 48.7 Å². The average Bonchev–Trinajstić information content (AvgIpc) is 2.29. The van der Waals surface area contributed by atoms with E-state index < -0.39 is 9.84 Å². The maximum Gasteiger partial charge on any atom is 0.177 e. The number of benzene rings is 1. The minimum absolute atomic E-state index is 0.243. The molecule has 0 N–H and O–H groups in total.